The topological polar surface area (TPSA) is 84.2 Å². The second-order valence-corrected chi connectivity index (χ2v) is 10.4. The fourth-order valence-electron chi connectivity index (χ4n) is 6.19. The number of aromatic nitrogens is 2. The van der Waals surface area contributed by atoms with Gasteiger partial charge in [-0.25, -0.2) is 0 Å². The molecule has 3 aromatic carbocycles. The van der Waals surface area contributed by atoms with Crippen molar-refractivity contribution in [2.75, 3.05) is 0 Å². The second-order valence-electron chi connectivity index (χ2n) is 10.4. The SMILES string of the molecule is C[C@@]1(CC(=O)O)CC2(NC(=O)c3cccc4cnn(Cc5ccc(-c6ccccc6)cc5)c34)C[C@H]21. The first-order chi connectivity index (χ1) is 16.9. The maximum Gasteiger partial charge on any atom is 0.303 e. The molecule has 176 valence electrons. The van der Waals surface area contributed by atoms with Crippen LogP contribution in [0.1, 0.15) is 42.1 Å². The minimum Gasteiger partial charge on any atom is -0.481 e. The Morgan fingerprint density at radius 1 is 1.03 bits per heavy atom. The van der Waals surface area contributed by atoms with Crippen molar-refractivity contribution < 1.29 is 14.7 Å². The summed E-state index contributed by atoms with van der Waals surface area (Å²) in [6.07, 6.45) is 3.52. The molecule has 0 spiro atoms. The summed E-state index contributed by atoms with van der Waals surface area (Å²) in [4.78, 5) is 24.6. The van der Waals surface area contributed by atoms with Crippen LogP contribution in [-0.4, -0.2) is 32.3 Å². The number of hydrogen-bond acceptors (Lipinski definition) is 3. The standard InChI is InChI=1S/C29H27N3O3/c1-28(15-25(33)34)18-29(14-24(28)29)31-27(35)23-9-5-8-22-16-30-32(26(22)23)17-19-10-12-21(13-11-19)20-6-3-2-4-7-20/h2-13,16,24H,14-15,17-18H2,1H3,(H,31,35)(H,33,34)/t24-,28+,29?/m0/s1. The van der Waals surface area contributed by atoms with Gasteiger partial charge in [0.1, 0.15) is 0 Å². The minimum atomic E-state index is -0.773. The smallest absolute Gasteiger partial charge is 0.303 e. The second kappa shape index (κ2) is 7.80. The number of carbonyl (C=O) groups is 2. The van der Waals surface area contributed by atoms with Gasteiger partial charge in [0, 0.05) is 10.9 Å². The van der Waals surface area contributed by atoms with Crippen LogP contribution >= 0.6 is 0 Å². The van der Waals surface area contributed by atoms with Crippen molar-refractivity contribution in [2.45, 2.75) is 38.3 Å². The quantitative estimate of drug-likeness (QED) is 0.397. The molecule has 6 heteroatoms. The van der Waals surface area contributed by atoms with Crippen LogP contribution in [0.4, 0.5) is 0 Å². The summed E-state index contributed by atoms with van der Waals surface area (Å²) < 4.78 is 1.89. The molecule has 0 bridgehead atoms. The lowest BCUT2D eigenvalue weighted by Gasteiger charge is -2.44. The fraction of sp³-hybridized carbons (Fsp3) is 0.276. The Labute approximate surface area is 203 Å². The third-order valence-electron chi connectivity index (χ3n) is 7.85. The van der Waals surface area contributed by atoms with Crippen LogP contribution < -0.4 is 5.32 Å². The average molecular weight is 466 g/mol. The Bertz CT molecular complexity index is 1440. The number of carboxylic acid groups (broad SMARTS) is 1. The summed E-state index contributed by atoms with van der Waals surface area (Å²) in [5.41, 5.74) is 4.39. The summed E-state index contributed by atoms with van der Waals surface area (Å²) >= 11 is 0. The van der Waals surface area contributed by atoms with Gasteiger partial charge in [-0.2, -0.15) is 5.10 Å². The highest BCUT2D eigenvalue weighted by Crippen LogP contribution is 2.71. The lowest BCUT2D eigenvalue weighted by atomic mass is 9.65. The molecule has 1 heterocycles. The number of amides is 1. The van der Waals surface area contributed by atoms with Crippen molar-refractivity contribution in [1.29, 1.82) is 0 Å². The summed E-state index contributed by atoms with van der Waals surface area (Å²) in [7, 11) is 0. The van der Waals surface area contributed by atoms with Crippen LogP contribution in [-0.2, 0) is 11.3 Å². The number of benzene rings is 3. The Hall–Kier alpha value is -3.93. The van der Waals surface area contributed by atoms with Gasteiger partial charge in [-0.15, -0.1) is 0 Å². The van der Waals surface area contributed by atoms with Crippen LogP contribution in [0, 0.1) is 11.3 Å². The first-order valence-electron chi connectivity index (χ1n) is 12.0. The predicted octanol–water partition coefficient (Wildman–Crippen LogP) is 5.12. The van der Waals surface area contributed by atoms with Gasteiger partial charge in [0.2, 0.25) is 0 Å². The number of hydrogen-bond donors (Lipinski definition) is 2. The third-order valence-corrected chi connectivity index (χ3v) is 7.85. The highest BCUT2D eigenvalue weighted by molar-refractivity contribution is 6.06. The van der Waals surface area contributed by atoms with Gasteiger partial charge in [-0.1, -0.05) is 73.7 Å². The van der Waals surface area contributed by atoms with Crippen LogP contribution in [0.25, 0.3) is 22.0 Å². The molecule has 0 aliphatic heterocycles. The molecule has 4 aromatic rings. The van der Waals surface area contributed by atoms with Gasteiger partial charge in [0.05, 0.1) is 30.2 Å². The highest BCUT2D eigenvalue weighted by Gasteiger charge is 2.73. The minimum absolute atomic E-state index is 0.114. The van der Waals surface area contributed by atoms with Crippen molar-refractivity contribution in [3.8, 4) is 11.1 Å². The Kier molecular flexibility index (Phi) is 4.81. The number of nitrogens with zero attached hydrogens (tertiary/aromatic N) is 2. The van der Waals surface area contributed by atoms with E-state index in [4.69, 9.17) is 0 Å². The largest absolute Gasteiger partial charge is 0.481 e. The molecule has 2 fully saturated rings. The van der Waals surface area contributed by atoms with E-state index in [0.717, 1.165) is 28.5 Å². The van der Waals surface area contributed by atoms with Gasteiger partial charge in [-0.3, -0.25) is 14.3 Å². The Morgan fingerprint density at radius 3 is 2.49 bits per heavy atom. The van der Waals surface area contributed by atoms with Gasteiger partial charge >= 0.3 is 5.97 Å². The molecule has 1 unspecified atom stereocenters. The highest BCUT2D eigenvalue weighted by atomic mass is 16.4. The zero-order chi connectivity index (χ0) is 24.2. The first-order valence-corrected chi connectivity index (χ1v) is 12.0. The van der Waals surface area contributed by atoms with Crippen LogP contribution in [0.2, 0.25) is 0 Å². The van der Waals surface area contributed by atoms with Crippen LogP contribution in [0.3, 0.4) is 0 Å². The van der Waals surface area contributed by atoms with Gasteiger partial charge < -0.3 is 10.4 Å². The molecule has 1 amide bonds. The molecule has 35 heavy (non-hydrogen) atoms. The van der Waals surface area contributed by atoms with E-state index in [1.807, 2.05) is 48.0 Å². The van der Waals surface area contributed by atoms with Gasteiger partial charge in [0.15, 0.2) is 0 Å². The van der Waals surface area contributed by atoms with Gasteiger partial charge in [0.25, 0.3) is 5.91 Å². The number of para-hydroxylation sites is 1. The van der Waals surface area contributed by atoms with Crippen LogP contribution in [0.15, 0.2) is 79.0 Å². The molecule has 2 aliphatic rings. The van der Waals surface area contributed by atoms with E-state index in [0.29, 0.717) is 18.5 Å². The number of aliphatic carboxylic acids is 1. The molecule has 1 aromatic heterocycles. The van der Waals surface area contributed by atoms with E-state index < -0.39 is 5.97 Å². The zero-order valence-corrected chi connectivity index (χ0v) is 19.6. The lowest BCUT2D eigenvalue weighted by Crippen LogP contribution is -2.52. The van der Waals surface area contributed by atoms with E-state index in [1.54, 1.807) is 6.20 Å². The van der Waals surface area contributed by atoms with E-state index in [2.05, 4.69) is 46.8 Å². The van der Waals surface area contributed by atoms with Crippen molar-refractivity contribution >= 4 is 22.8 Å². The molecule has 2 N–H and O–H groups in total. The molecular weight excluding hydrogens is 438 g/mol. The van der Waals surface area contributed by atoms with Crippen molar-refractivity contribution in [3.05, 3.63) is 90.1 Å². The molecule has 6 nitrogen and oxygen atoms in total. The molecule has 0 radical (unpaired) electrons. The number of fused-ring (bicyclic) bond motifs is 2. The summed E-state index contributed by atoms with van der Waals surface area (Å²) in [5, 5.41) is 18.0. The van der Waals surface area contributed by atoms with Crippen molar-refractivity contribution in [2.24, 2.45) is 11.3 Å². The molecule has 0 saturated heterocycles. The van der Waals surface area contributed by atoms with Crippen molar-refractivity contribution in [1.82, 2.24) is 15.1 Å². The van der Waals surface area contributed by atoms with E-state index in [-0.39, 0.29) is 29.2 Å². The Balaban J connectivity index is 1.22. The maximum atomic E-state index is 13.4. The number of nitrogens with one attached hydrogen (secondary N) is 1. The maximum absolute atomic E-state index is 13.4. The summed E-state index contributed by atoms with van der Waals surface area (Å²) in [5.74, 6) is -0.649. The Morgan fingerprint density at radius 2 is 1.77 bits per heavy atom. The molecule has 2 aliphatic carbocycles. The van der Waals surface area contributed by atoms with E-state index >= 15 is 0 Å². The molecule has 6 rings (SSSR count). The van der Waals surface area contributed by atoms with Crippen molar-refractivity contribution in [3.63, 3.8) is 0 Å². The first kappa shape index (κ1) is 21.6. The molecule has 2 saturated carbocycles. The lowest BCUT2D eigenvalue weighted by molar-refractivity contribution is -0.141. The monoisotopic (exact) mass is 465 g/mol. The summed E-state index contributed by atoms with van der Waals surface area (Å²) in [6.45, 7) is 2.58. The average Bonchev–Trinajstić information content (AvgIpc) is 3.28. The molecular formula is C29H27N3O3. The van der Waals surface area contributed by atoms with Gasteiger partial charge in [-0.05, 0) is 46.9 Å². The third kappa shape index (κ3) is 3.70. The number of carbonyl (C=O) groups excluding carboxylic acids is 1. The number of carboxylic acids is 1. The zero-order valence-electron chi connectivity index (χ0n) is 19.6. The normalized spacial score (nSPS) is 24.4. The molecule has 3 atom stereocenters. The van der Waals surface area contributed by atoms with E-state index in [1.165, 1.54) is 5.56 Å². The number of rotatable bonds is 7. The predicted molar refractivity (Wildman–Crippen MR) is 134 cm³/mol. The van der Waals surface area contributed by atoms with E-state index in [9.17, 15) is 14.7 Å². The summed E-state index contributed by atoms with van der Waals surface area (Å²) in [6, 6.07) is 24.4. The fourth-order valence-corrected chi connectivity index (χ4v) is 6.19. The van der Waals surface area contributed by atoms with Crippen LogP contribution in [0.5, 0.6) is 0 Å².